The van der Waals surface area contributed by atoms with Crippen LogP contribution < -0.4 is 0 Å². The van der Waals surface area contributed by atoms with Crippen molar-refractivity contribution in [3.63, 3.8) is 0 Å². The van der Waals surface area contributed by atoms with Crippen LogP contribution in [0, 0.1) is 0 Å². The van der Waals surface area contributed by atoms with Gasteiger partial charge in [0.1, 0.15) is 0 Å². The zero-order valence-electron chi connectivity index (χ0n) is 7.80. The highest BCUT2D eigenvalue weighted by Crippen LogP contribution is 2.17. The van der Waals surface area contributed by atoms with Crippen molar-refractivity contribution in [3.8, 4) is 0 Å². The Morgan fingerprint density at radius 2 is 2.00 bits per heavy atom. The van der Waals surface area contributed by atoms with Crippen LogP contribution in [0.25, 0.3) is 0 Å². The largest absolute Gasteiger partial charge is 0.103 e. The average Bonchev–Trinajstić information content (AvgIpc) is 2.15. The highest BCUT2D eigenvalue weighted by Gasteiger charge is 1.97. The lowest BCUT2D eigenvalue weighted by Gasteiger charge is -2.02. The molecule has 1 heteroatoms. The van der Waals surface area contributed by atoms with Crippen LogP contribution >= 0.6 is 11.6 Å². The van der Waals surface area contributed by atoms with Crippen LogP contribution in [0.2, 0.25) is 5.02 Å². The summed E-state index contributed by atoms with van der Waals surface area (Å²) in [5, 5.41) is 0.890. The first-order chi connectivity index (χ1) is 6.34. The molecule has 1 rings (SSSR count). The fourth-order valence-electron chi connectivity index (χ4n) is 1.31. The molecule has 13 heavy (non-hydrogen) atoms. The SMILES string of the molecule is C=CCCCCc1ccccc1Cl. The molecule has 0 saturated carbocycles. The number of aryl methyl sites for hydroxylation is 1. The first kappa shape index (κ1) is 10.3. The van der Waals surface area contributed by atoms with Crippen LogP contribution in [0.3, 0.4) is 0 Å². The summed E-state index contributed by atoms with van der Waals surface area (Å²) in [5.41, 5.74) is 1.26. The topological polar surface area (TPSA) is 0 Å². The molecule has 0 spiro atoms. The van der Waals surface area contributed by atoms with Gasteiger partial charge in [-0.25, -0.2) is 0 Å². The van der Waals surface area contributed by atoms with Gasteiger partial charge in [-0.05, 0) is 37.3 Å². The molecule has 0 radical (unpaired) electrons. The number of hydrogen-bond acceptors (Lipinski definition) is 0. The van der Waals surface area contributed by atoms with E-state index >= 15 is 0 Å². The van der Waals surface area contributed by atoms with Gasteiger partial charge < -0.3 is 0 Å². The Bertz CT molecular complexity index is 266. The zero-order valence-corrected chi connectivity index (χ0v) is 8.56. The Morgan fingerprint density at radius 1 is 1.23 bits per heavy atom. The van der Waals surface area contributed by atoms with Gasteiger partial charge in [0.05, 0.1) is 0 Å². The van der Waals surface area contributed by atoms with E-state index in [0.29, 0.717) is 0 Å². The molecular weight excluding hydrogens is 180 g/mol. The van der Waals surface area contributed by atoms with Gasteiger partial charge in [-0.2, -0.15) is 0 Å². The van der Waals surface area contributed by atoms with Gasteiger partial charge >= 0.3 is 0 Å². The fourth-order valence-corrected chi connectivity index (χ4v) is 1.54. The molecule has 0 bridgehead atoms. The summed E-state index contributed by atoms with van der Waals surface area (Å²) < 4.78 is 0. The third kappa shape index (κ3) is 3.65. The highest BCUT2D eigenvalue weighted by atomic mass is 35.5. The molecular formula is C12H15Cl. The Morgan fingerprint density at radius 3 is 2.69 bits per heavy atom. The van der Waals surface area contributed by atoms with Crippen molar-refractivity contribution in [2.24, 2.45) is 0 Å². The smallest absolute Gasteiger partial charge is 0.0437 e. The minimum Gasteiger partial charge on any atom is -0.103 e. The quantitative estimate of drug-likeness (QED) is 0.486. The van der Waals surface area contributed by atoms with Crippen LogP contribution in [-0.4, -0.2) is 0 Å². The Kier molecular flexibility index (Phi) is 4.63. The molecule has 0 saturated heterocycles. The van der Waals surface area contributed by atoms with E-state index in [-0.39, 0.29) is 0 Å². The van der Waals surface area contributed by atoms with Gasteiger partial charge in [0.2, 0.25) is 0 Å². The van der Waals surface area contributed by atoms with Gasteiger partial charge in [0.15, 0.2) is 0 Å². The van der Waals surface area contributed by atoms with Crippen LogP contribution in [0.5, 0.6) is 0 Å². The highest BCUT2D eigenvalue weighted by molar-refractivity contribution is 6.31. The predicted octanol–water partition coefficient (Wildman–Crippen LogP) is 4.24. The molecule has 1 aromatic rings. The standard InChI is InChI=1S/C12H15Cl/c1-2-3-4-5-8-11-9-6-7-10-12(11)13/h2,6-7,9-10H,1,3-5,8H2. The maximum absolute atomic E-state index is 6.02. The first-order valence-electron chi connectivity index (χ1n) is 4.69. The second kappa shape index (κ2) is 5.82. The molecule has 70 valence electrons. The van der Waals surface area contributed by atoms with Crippen molar-refractivity contribution in [3.05, 3.63) is 47.5 Å². The van der Waals surface area contributed by atoms with Crippen molar-refractivity contribution < 1.29 is 0 Å². The van der Waals surface area contributed by atoms with Crippen LogP contribution in [-0.2, 0) is 6.42 Å². The fraction of sp³-hybridized carbons (Fsp3) is 0.333. The van der Waals surface area contributed by atoms with E-state index in [4.69, 9.17) is 11.6 Å². The van der Waals surface area contributed by atoms with Crippen LogP contribution in [0.4, 0.5) is 0 Å². The number of halogens is 1. The molecule has 0 aliphatic heterocycles. The molecule has 0 aliphatic rings. The molecule has 0 atom stereocenters. The van der Waals surface area contributed by atoms with E-state index in [2.05, 4.69) is 12.6 Å². The lowest BCUT2D eigenvalue weighted by atomic mass is 10.1. The lowest BCUT2D eigenvalue weighted by molar-refractivity contribution is 0.748. The maximum Gasteiger partial charge on any atom is 0.0437 e. The molecule has 0 N–H and O–H groups in total. The van der Waals surface area contributed by atoms with Crippen molar-refractivity contribution in [1.29, 1.82) is 0 Å². The first-order valence-corrected chi connectivity index (χ1v) is 5.06. The van der Waals surface area contributed by atoms with Gasteiger partial charge in [-0.15, -0.1) is 6.58 Å². The predicted molar refractivity (Wildman–Crippen MR) is 59.2 cm³/mol. The monoisotopic (exact) mass is 194 g/mol. The van der Waals surface area contributed by atoms with Gasteiger partial charge in [-0.3, -0.25) is 0 Å². The van der Waals surface area contributed by atoms with Crippen molar-refractivity contribution in [2.75, 3.05) is 0 Å². The Labute approximate surface area is 85.2 Å². The number of allylic oxidation sites excluding steroid dienone is 1. The lowest BCUT2D eigenvalue weighted by Crippen LogP contribution is -1.86. The van der Waals surface area contributed by atoms with Crippen molar-refractivity contribution in [2.45, 2.75) is 25.7 Å². The molecule has 0 amide bonds. The average molecular weight is 195 g/mol. The Hall–Kier alpha value is -0.750. The number of benzene rings is 1. The minimum atomic E-state index is 0.890. The molecule has 0 unspecified atom stereocenters. The normalized spacial score (nSPS) is 9.92. The summed E-state index contributed by atoms with van der Waals surface area (Å²) in [4.78, 5) is 0. The van der Waals surface area contributed by atoms with E-state index in [1.807, 2.05) is 24.3 Å². The molecule has 0 nitrogen and oxygen atoms in total. The zero-order chi connectivity index (χ0) is 9.52. The summed E-state index contributed by atoms with van der Waals surface area (Å²) in [7, 11) is 0. The molecule has 0 aliphatic carbocycles. The maximum atomic E-state index is 6.02. The molecule has 0 fully saturated rings. The van der Waals surface area contributed by atoms with E-state index in [1.54, 1.807) is 0 Å². The summed E-state index contributed by atoms with van der Waals surface area (Å²) >= 11 is 6.02. The third-order valence-electron chi connectivity index (χ3n) is 2.06. The van der Waals surface area contributed by atoms with Gasteiger partial charge in [-0.1, -0.05) is 35.9 Å². The van der Waals surface area contributed by atoms with Gasteiger partial charge in [0, 0.05) is 5.02 Å². The number of hydrogen-bond donors (Lipinski definition) is 0. The summed E-state index contributed by atoms with van der Waals surface area (Å²) in [6.45, 7) is 3.70. The molecule has 0 heterocycles. The van der Waals surface area contributed by atoms with E-state index in [9.17, 15) is 0 Å². The summed E-state index contributed by atoms with van der Waals surface area (Å²) in [6, 6.07) is 8.05. The van der Waals surface area contributed by atoms with E-state index in [0.717, 1.165) is 17.9 Å². The summed E-state index contributed by atoms with van der Waals surface area (Å²) in [6.07, 6.45) is 6.54. The minimum absolute atomic E-state index is 0.890. The van der Waals surface area contributed by atoms with Crippen LogP contribution in [0.15, 0.2) is 36.9 Å². The van der Waals surface area contributed by atoms with E-state index < -0.39 is 0 Å². The van der Waals surface area contributed by atoms with Crippen molar-refractivity contribution in [1.82, 2.24) is 0 Å². The third-order valence-corrected chi connectivity index (χ3v) is 2.43. The molecule has 1 aromatic carbocycles. The second-order valence-corrected chi connectivity index (χ2v) is 3.53. The van der Waals surface area contributed by atoms with Crippen LogP contribution in [0.1, 0.15) is 24.8 Å². The number of rotatable bonds is 5. The number of unbranched alkanes of at least 4 members (excludes halogenated alkanes) is 2. The molecule has 0 aromatic heterocycles. The summed E-state index contributed by atoms with van der Waals surface area (Å²) in [5.74, 6) is 0. The van der Waals surface area contributed by atoms with Crippen molar-refractivity contribution >= 4 is 11.6 Å². The Balaban J connectivity index is 2.36. The van der Waals surface area contributed by atoms with Gasteiger partial charge in [0.25, 0.3) is 0 Å². The van der Waals surface area contributed by atoms with E-state index in [1.165, 1.54) is 18.4 Å². The second-order valence-electron chi connectivity index (χ2n) is 3.13.